The molecule has 1 atom stereocenters. The van der Waals surface area contributed by atoms with Crippen LogP contribution in [0, 0.1) is 6.92 Å². The minimum absolute atomic E-state index is 0.0693. The fourth-order valence-electron chi connectivity index (χ4n) is 4.73. The zero-order valence-corrected chi connectivity index (χ0v) is 21.1. The number of carboxylic acid groups (broad SMARTS) is 1. The number of thiophene rings is 1. The third kappa shape index (κ3) is 5.11. The van der Waals surface area contributed by atoms with Gasteiger partial charge in [0, 0.05) is 16.9 Å². The fraction of sp³-hybridized carbons (Fsp3) is 0.276. The maximum Gasteiger partial charge on any atom is 0.303 e. The van der Waals surface area contributed by atoms with E-state index in [1.807, 2.05) is 61.5 Å². The van der Waals surface area contributed by atoms with E-state index in [1.54, 1.807) is 6.92 Å². The Kier molecular flexibility index (Phi) is 6.74. The summed E-state index contributed by atoms with van der Waals surface area (Å²) in [5, 5.41) is 9.11. The highest BCUT2D eigenvalue weighted by molar-refractivity contribution is 7.17. The molecule has 5 rings (SSSR count). The SMILES string of the molecule is CC(=O)c1ccc(-c2cccc(-c3nc(CCOc4ccc5c(c4)CC[C@H]5CC(=O)O)c(C)o3)c2)s1. The molecule has 1 aliphatic rings. The lowest BCUT2D eigenvalue weighted by Crippen LogP contribution is -2.04. The largest absolute Gasteiger partial charge is 0.493 e. The minimum atomic E-state index is -0.754. The monoisotopic (exact) mass is 501 g/mol. The predicted molar refractivity (Wildman–Crippen MR) is 139 cm³/mol. The van der Waals surface area contributed by atoms with Crippen LogP contribution in [-0.4, -0.2) is 28.4 Å². The van der Waals surface area contributed by atoms with Crippen molar-refractivity contribution in [3.05, 3.63) is 82.1 Å². The normalized spacial score (nSPS) is 14.6. The van der Waals surface area contributed by atoms with Crippen molar-refractivity contribution in [2.45, 2.75) is 45.4 Å². The van der Waals surface area contributed by atoms with E-state index >= 15 is 0 Å². The number of nitrogens with zero attached hydrogens (tertiary/aromatic N) is 1. The van der Waals surface area contributed by atoms with Crippen molar-refractivity contribution in [2.24, 2.45) is 0 Å². The zero-order chi connectivity index (χ0) is 25.2. The number of aliphatic carboxylic acids is 1. The maximum absolute atomic E-state index is 11.6. The minimum Gasteiger partial charge on any atom is -0.493 e. The summed E-state index contributed by atoms with van der Waals surface area (Å²) in [6.45, 7) is 3.95. The molecule has 0 saturated heterocycles. The molecule has 0 spiro atoms. The van der Waals surface area contributed by atoms with Crippen LogP contribution in [0.15, 0.2) is 59.0 Å². The second-order valence-corrected chi connectivity index (χ2v) is 10.2. The molecule has 0 amide bonds. The molecular formula is C29H27NO5S. The average molecular weight is 502 g/mol. The quantitative estimate of drug-likeness (QED) is 0.257. The van der Waals surface area contributed by atoms with Crippen molar-refractivity contribution in [1.29, 1.82) is 0 Å². The molecule has 0 radical (unpaired) electrons. The second-order valence-electron chi connectivity index (χ2n) is 9.12. The van der Waals surface area contributed by atoms with Crippen LogP contribution in [0.4, 0.5) is 0 Å². The van der Waals surface area contributed by atoms with E-state index in [-0.39, 0.29) is 18.1 Å². The van der Waals surface area contributed by atoms with Gasteiger partial charge in [0.25, 0.3) is 0 Å². The molecular weight excluding hydrogens is 474 g/mol. The summed E-state index contributed by atoms with van der Waals surface area (Å²) in [4.78, 5) is 29.2. The highest BCUT2D eigenvalue weighted by Gasteiger charge is 2.25. The number of carbonyl (C=O) groups excluding carboxylic acids is 1. The summed E-state index contributed by atoms with van der Waals surface area (Å²) < 4.78 is 12.0. The third-order valence-corrected chi connectivity index (χ3v) is 7.82. The second kappa shape index (κ2) is 10.1. The predicted octanol–water partition coefficient (Wildman–Crippen LogP) is 6.71. The maximum atomic E-state index is 11.6. The Bertz CT molecular complexity index is 1430. The number of oxazole rings is 1. The molecule has 4 aromatic rings. The van der Waals surface area contributed by atoms with Crippen LogP contribution in [0.2, 0.25) is 0 Å². The summed E-state index contributed by atoms with van der Waals surface area (Å²) in [5.41, 5.74) is 5.07. The summed E-state index contributed by atoms with van der Waals surface area (Å²) in [5.74, 6) is 1.53. The molecule has 0 bridgehead atoms. The highest BCUT2D eigenvalue weighted by atomic mass is 32.1. The number of aryl methyl sites for hydroxylation is 2. The van der Waals surface area contributed by atoms with E-state index in [4.69, 9.17) is 19.2 Å². The molecule has 2 heterocycles. The fourth-order valence-corrected chi connectivity index (χ4v) is 5.63. The molecule has 1 aliphatic carbocycles. The first-order valence-electron chi connectivity index (χ1n) is 12.0. The van der Waals surface area contributed by atoms with E-state index < -0.39 is 5.97 Å². The number of benzene rings is 2. The Labute approximate surface area is 213 Å². The number of ketones is 1. The number of Topliss-reactive ketones (excluding diaryl/α,β-unsaturated/α-hetero) is 1. The lowest BCUT2D eigenvalue weighted by Gasteiger charge is -2.10. The number of carboxylic acids is 1. The van der Waals surface area contributed by atoms with Gasteiger partial charge in [-0.2, -0.15) is 0 Å². The number of hydrogen-bond donors (Lipinski definition) is 1. The molecule has 7 heteroatoms. The standard InChI is InChI=1S/C29H27NO5S/c1-17(31)26-10-11-27(36-26)21-4-3-5-22(14-21)29-30-25(18(2)35-29)12-13-34-23-8-9-24-19(15-23)6-7-20(24)16-28(32)33/h3-5,8-11,14-15,20H,6-7,12-13,16H2,1-2H3,(H,32,33)/t20-/m0/s1. The summed E-state index contributed by atoms with van der Waals surface area (Å²) in [6.07, 6.45) is 2.55. The number of aromatic nitrogens is 1. The molecule has 0 fully saturated rings. The van der Waals surface area contributed by atoms with Crippen molar-refractivity contribution >= 4 is 23.1 Å². The number of rotatable bonds is 9. The Morgan fingerprint density at radius 3 is 2.75 bits per heavy atom. The van der Waals surface area contributed by atoms with Gasteiger partial charge in [-0.3, -0.25) is 9.59 Å². The molecule has 0 saturated carbocycles. The van der Waals surface area contributed by atoms with Crippen molar-refractivity contribution < 1.29 is 23.8 Å². The van der Waals surface area contributed by atoms with Crippen molar-refractivity contribution in [2.75, 3.05) is 6.61 Å². The van der Waals surface area contributed by atoms with Crippen LogP contribution in [0.25, 0.3) is 21.9 Å². The van der Waals surface area contributed by atoms with E-state index in [1.165, 1.54) is 16.9 Å². The van der Waals surface area contributed by atoms with Gasteiger partial charge in [0.15, 0.2) is 5.78 Å². The van der Waals surface area contributed by atoms with E-state index in [0.29, 0.717) is 18.9 Å². The first kappa shape index (κ1) is 24.0. The van der Waals surface area contributed by atoms with Crippen molar-refractivity contribution in [1.82, 2.24) is 4.98 Å². The van der Waals surface area contributed by atoms with Gasteiger partial charge >= 0.3 is 5.97 Å². The van der Waals surface area contributed by atoms with Crippen LogP contribution in [0.3, 0.4) is 0 Å². The number of hydrogen-bond acceptors (Lipinski definition) is 6. The molecule has 36 heavy (non-hydrogen) atoms. The molecule has 2 aromatic heterocycles. The molecule has 1 N–H and O–H groups in total. The topological polar surface area (TPSA) is 89.6 Å². The molecule has 0 unspecified atom stereocenters. The number of carbonyl (C=O) groups is 2. The Hall–Kier alpha value is -3.71. The van der Waals surface area contributed by atoms with E-state index in [2.05, 4.69) is 0 Å². The van der Waals surface area contributed by atoms with E-state index in [0.717, 1.165) is 56.5 Å². The van der Waals surface area contributed by atoms with E-state index in [9.17, 15) is 9.59 Å². The number of fused-ring (bicyclic) bond motifs is 1. The smallest absolute Gasteiger partial charge is 0.303 e. The molecule has 184 valence electrons. The molecule has 0 aliphatic heterocycles. The molecule has 2 aromatic carbocycles. The van der Waals surface area contributed by atoms with Gasteiger partial charge < -0.3 is 14.3 Å². The summed E-state index contributed by atoms with van der Waals surface area (Å²) >= 11 is 1.48. The third-order valence-electron chi connectivity index (χ3n) is 6.58. The van der Waals surface area contributed by atoms with Gasteiger partial charge in [-0.25, -0.2) is 4.98 Å². The van der Waals surface area contributed by atoms with Crippen LogP contribution in [-0.2, 0) is 17.6 Å². The van der Waals surface area contributed by atoms with Gasteiger partial charge in [-0.1, -0.05) is 18.2 Å². The summed E-state index contributed by atoms with van der Waals surface area (Å²) in [7, 11) is 0. The first-order chi connectivity index (χ1) is 17.4. The lowest BCUT2D eigenvalue weighted by atomic mass is 9.98. The zero-order valence-electron chi connectivity index (χ0n) is 20.2. The summed E-state index contributed by atoms with van der Waals surface area (Å²) in [6, 6.07) is 17.8. The number of ether oxygens (including phenoxy) is 1. The Morgan fingerprint density at radius 2 is 1.97 bits per heavy atom. The van der Waals surface area contributed by atoms with Gasteiger partial charge in [-0.05, 0) is 85.7 Å². The average Bonchev–Trinajstić information content (AvgIpc) is 3.58. The van der Waals surface area contributed by atoms with Gasteiger partial charge in [0.2, 0.25) is 5.89 Å². The van der Waals surface area contributed by atoms with Gasteiger partial charge in [0.1, 0.15) is 11.5 Å². The highest BCUT2D eigenvalue weighted by Crippen LogP contribution is 2.37. The van der Waals surface area contributed by atoms with Crippen LogP contribution in [0.5, 0.6) is 5.75 Å². The van der Waals surface area contributed by atoms with Crippen LogP contribution < -0.4 is 4.74 Å². The van der Waals surface area contributed by atoms with Crippen LogP contribution >= 0.6 is 11.3 Å². The Balaban J connectivity index is 1.24. The molecule has 6 nitrogen and oxygen atoms in total. The lowest BCUT2D eigenvalue weighted by molar-refractivity contribution is -0.137. The van der Waals surface area contributed by atoms with Gasteiger partial charge in [-0.15, -0.1) is 11.3 Å². The van der Waals surface area contributed by atoms with Crippen LogP contribution in [0.1, 0.15) is 57.9 Å². The Morgan fingerprint density at radius 1 is 1.14 bits per heavy atom. The van der Waals surface area contributed by atoms with Gasteiger partial charge in [0.05, 0.1) is 23.6 Å². The van der Waals surface area contributed by atoms with Crippen molar-refractivity contribution in [3.8, 4) is 27.6 Å². The first-order valence-corrected chi connectivity index (χ1v) is 12.8. The van der Waals surface area contributed by atoms with Crippen molar-refractivity contribution in [3.63, 3.8) is 0 Å².